The van der Waals surface area contributed by atoms with E-state index >= 15 is 0 Å². The molecule has 0 spiro atoms. The molecule has 1 unspecified atom stereocenters. The number of carbonyl (C=O) groups excluding carboxylic acids is 2. The van der Waals surface area contributed by atoms with E-state index in [1.54, 1.807) is 0 Å². The van der Waals surface area contributed by atoms with Crippen LogP contribution in [0.5, 0.6) is 0 Å². The normalized spacial score (nSPS) is 17.1. The van der Waals surface area contributed by atoms with Crippen LogP contribution in [0.4, 0.5) is 4.79 Å². The van der Waals surface area contributed by atoms with Crippen LogP contribution in [0, 0.1) is 11.8 Å². The standard InChI is InChI=1S/C14H25NO3/c1-10(12(16)9-11-5-6-11)7-8-15-13(17)18-14(2,3)4/h10-11H,5-9H2,1-4H3,(H,15,17). The molecule has 4 heteroatoms. The molecule has 0 radical (unpaired) electrons. The molecule has 1 rings (SSSR count). The van der Waals surface area contributed by atoms with Gasteiger partial charge in [-0.1, -0.05) is 6.92 Å². The van der Waals surface area contributed by atoms with Crippen LogP contribution < -0.4 is 5.32 Å². The Morgan fingerprint density at radius 2 is 1.94 bits per heavy atom. The van der Waals surface area contributed by atoms with E-state index in [2.05, 4.69) is 5.32 Å². The first-order valence-corrected chi connectivity index (χ1v) is 6.77. The number of Topliss-reactive ketones (excluding diaryl/α,β-unsaturated/α-hetero) is 1. The smallest absolute Gasteiger partial charge is 0.407 e. The maximum Gasteiger partial charge on any atom is 0.407 e. The molecule has 1 atom stereocenters. The lowest BCUT2D eigenvalue weighted by molar-refractivity contribution is -0.122. The van der Waals surface area contributed by atoms with Crippen LogP contribution >= 0.6 is 0 Å². The van der Waals surface area contributed by atoms with Gasteiger partial charge < -0.3 is 10.1 Å². The molecule has 1 N–H and O–H groups in total. The molecular weight excluding hydrogens is 230 g/mol. The van der Waals surface area contributed by atoms with E-state index in [1.807, 2.05) is 27.7 Å². The topological polar surface area (TPSA) is 55.4 Å². The van der Waals surface area contributed by atoms with E-state index in [-0.39, 0.29) is 5.92 Å². The fourth-order valence-electron chi connectivity index (χ4n) is 1.67. The lowest BCUT2D eigenvalue weighted by atomic mass is 9.98. The van der Waals surface area contributed by atoms with Gasteiger partial charge in [-0.25, -0.2) is 4.79 Å². The third-order valence-corrected chi connectivity index (χ3v) is 2.98. The van der Waals surface area contributed by atoms with Crippen molar-refractivity contribution in [3.63, 3.8) is 0 Å². The van der Waals surface area contributed by atoms with Gasteiger partial charge in [0.25, 0.3) is 0 Å². The largest absolute Gasteiger partial charge is 0.444 e. The number of ether oxygens (including phenoxy) is 1. The van der Waals surface area contributed by atoms with Gasteiger partial charge >= 0.3 is 6.09 Å². The Bertz CT molecular complexity index is 303. The van der Waals surface area contributed by atoms with E-state index < -0.39 is 11.7 Å². The number of hydrogen-bond donors (Lipinski definition) is 1. The highest BCUT2D eigenvalue weighted by Gasteiger charge is 2.26. The molecular formula is C14H25NO3. The fraction of sp³-hybridized carbons (Fsp3) is 0.857. The monoisotopic (exact) mass is 255 g/mol. The number of rotatable bonds is 6. The number of amides is 1. The molecule has 0 aromatic heterocycles. The van der Waals surface area contributed by atoms with Gasteiger partial charge in [0, 0.05) is 18.9 Å². The highest BCUT2D eigenvalue weighted by Crippen LogP contribution is 2.33. The first kappa shape index (κ1) is 15.0. The summed E-state index contributed by atoms with van der Waals surface area (Å²) >= 11 is 0. The Morgan fingerprint density at radius 1 is 1.33 bits per heavy atom. The minimum absolute atomic E-state index is 0.0283. The van der Waals surface area contributed by atoms with Crippen molar-refractivity contribution in [2.75, 3.05) is 6.54 Å². The second-order valence-electron chi connectivity index (χ2n) is 6.23. The van der Waals surface area contributed by atoms with Crippen molar-refractivity contribution in [3.8, 4) is 0 Å². The molecule has 0 aromatic rings. The number of carbonyl (C=O) groups is 2. The van der Waals surface area contributed by atoms with E-state index in [9.17, 15) is 9.59 Å². The first-order chi connectivity index (χ1) is 8.28. The van der Waals surface area contributed by atoms with E-state index in [0.29, 0.717) is 31.1 Å². The molecule has 1 aliphatic carbocycles. The molecule has 1 amide bonds. The summed E-state index contributed by atoms with van der Waals surface area (Å²) in [6, 6.07) is 0. The molecule has 0 saturated heterocycles. The van der Waals surface area contributed by atoms with Gasteiger partial charge in [0.1, 0.15) is 11.4 Å². The summed E-state index contributed by atoms with van der Waals surface area (Å²) in [4.78, 5) is 23.1. The van der Waals surface area contributed by atoms with Crippen LogP contribution in [0.3, 0.4) is 0 Å². The maximum absolute atomic E-state index is 11.8. The first-order valence-electron chi connectivity index (χ1n) is 6.77. The molecule has 4 nitrogen and oxygen atoms in total. The highest BCUT2D eigenvalue weighted by atomic mass is 16.6. The summed E-state index contributed by atoms with van der Waals surface area (Å²) in [7, 11) is 0. The summed E-state index contributed by atoms with van der Waals surface area (Å²) < 4.78 is 5.12. The van der Waals surface area contributed by atoms with Gasteiger partial charge in [0.2, 0.25) is 0 Å². The highest BCUT2D eigenvalue weighted by molar-refractivity contribution is 5.81. The molecule has 18 heavy (non-hydrogen) atoms. The van der Waals surface area contributed by atoms with Crippen LogP contribution in [-0.4, -0.2) is 24.0 Å². The maximum atomic E-state index is 11.8. The van der Waals surface area contributed by atoms with Gasteiger partial charge in [-0.05, 0) is 46.0 Å². The van der Waals surface area contributed by atoms with Crippen LogP contribution in [0.1, 0.15) is 53.4 Å². The van der Waals surface area contributed by atoms with E-state index in [4.69, 9.17) is 4.74 Å². The molecule has 0 bridgehead atoms. The summed E-state index contributed by atoms with van der Waals surface area (Å²) in [6.45, 7) is 7.91. The van der Waals surface area contributed by atoms with Crippen LogP contribution in [0.15, 0.2) is 0 Å². The Kier molecular flexibility index (Phi) is 5.17. The molecule has 0 aliphatic heterocycles. The van der Waals surface area contributed by atoms with Crippen LogP contribution in [-0.2, 0) is 9.53 Å². The second-order valence-corrected chi connectivity index (χ2v) is 6.23. The Balaban J connectivity index is 2.12. The zero-order chi connectivity index (χ0) is 13.8. The zero-order valence-corrected chi connectivity index (χ0v) is 11.9. The van der Waals surface area contributed by atoms with Crippen molar-refractivity contribution in [2.24, 2.45) is 11.8 Å². The minimum Gasteiger partial charge on any atom is -0.444 e. The van der Waals surface area contributed by atoms with Crippen LogP contribution in [0.2, 0.25) is 0 Å². The summed E-state index contributed by atoms with van der Waals surface area (Å²) in [5.74, 6) is 0.989. The zero-order valence-electron chi connectivity index (χ0n) is 11.9. The Labute approximate surface area is 109 Å². The Morgan fingerprint density at radius 3 is 2.44 bits per heavy atom. The SMILES string of the molecule is CC(CCNC(=O)OC(C)(C)C)C(=O)CC1CC1. The van der Waals surface area contributed by atoms with Gasteiger partial charge in [-0.2, -0.15) is 0 Å². The predicted molar refractivity (Wildman–Crippen MR) is 70.4 cm³/mol. The lowest BCUT2D eigenvalue weighted by Crippen LogP contribution is -2.33. The molecule has 0 heterocycles. The number of nitrogens with one attached hydrogen (secondary N) is 1. The molecule has 1 fully saturated rings. The summed E-state index contributed by atoms with van der Waals surface area (Å²) in [5, 5.41) is 2.68. The van der Waals surface area contributed by atoms with Crippen molar-refractivity contribution >= 4 is 11.9 Å². The fourth-order valence-corrected chi connectivity index (χ4v) is 1.67. The summed E-state index contributed by atoms with van der Waals surface area (Å²) in [5.41, 5.74) is -0.475. The molecule has 0 aromatic carbocycles. The molecule has 1 aliphatic rings. The average molecular weight is 255 g/mol. The van der Waals surface area contributed by atoms with Crippen molar-refractivity contribution in [1.82, 2.24) is 5.32 Å². The number of ketones is 1. The van der Waals surface area contributed by atoms with Crippen molar-refractivity contribution in [1.29, 1.82) is 0 Å². The third kappa shape index (κ3) is 6.62. The second kappa shape index (κ2) is 6.21. The van der Waals surface area contributed by atoms with E-state index in [1.165, 1.54) is 12.8 Å². The molecule has 104 valence electrons. The van der Waals surface area contributed by atoms with Gasteiger partial charge in [-0.3, -0.25) is 4.79 Å². The number of alkyl carbamates (subject to hydrolysis) is 1. The van der Waals surface area contributed by atoms with Crippen molar-refractivity contribution in [2.45, 2.75) is 59.0 Å². The van der Waals surface area contributed by atoms with Crippen molar-refractivity contribution < 1.29 is 14.3 Å². The third-order valence-electron chi connectivity index (χ3n) is 2.98. The number of hydrogen-bond acceptors (Lipinski definition) is 3. The molecule has 1 saturated carbocycles. The quantitative estimate of drug-likeness (QED) is 0.794. The average Bonchev–Trinajstić information content (AvgIpc) is 2.98. The lowest BCUT2D eigenvalue weighted by Gasteiger charge is -2.20. The minimum atomic E-state index is -0.475. The van der Waals surface area contributed by atoms with Gasteiger partial charge in [0.15, 0.2) is 0 Å². The van der Waals surface area contributed by atoms with Crippen molar-refractivity contribution in [3.05, 3.63) is 0 Å². The van der Waals surface area contributed by atoms with Gasteiger partial charge in [-0.15, -0.1) is 0 Å². The van der Waals surface area contributed by atoms with Crippen LogP contribution in [0.25, 0.3) is 0 Å². The summed E-state index contributed by atoms with van der Waals surface area (Å²) in [6.07, 6.45) is 3.39. The van der Waals surface area contributed by atoms with Gasteiger partial charge in [0.05, 0.1) is 0 Å². The Hall–Kier alpha value is -1.06. The predicted octanol–water partition coefficient (Wildman–Crippen LogP) is 2.91. The van der Waals surface area contributed by atoms with E-state index in [0.717, 1.165) is 0 Å².